The number of rotatable bonds is 3. The van der Waals surface area contributed by atoms with E-state index in [2.05, 4.69) is 15.2 Å². The van der Waals surface area contributed by atoms with Crippen LogP contribution in [0, 0.1) is 5.92 Å². The molecule has 0 aliphatic heterocycles. The van der Waals surface area contributed by atoms with Gasteiger partial charge in [-0.25, -0.2) is 13.4 Å². The lowest BCUT2D eigenvalue weighted by molar-refractivity contribution is 0.574. The minimum Gasteiger partial charge on any atom is -0.250 e. The van der Waals surface area contributed by atoms with Gasteiger partial charge < -0.3 is 0 Å². The molecule has 0 amide bonds. The van der Waals surface area contributed by atoms with Crippen LogP contribution in [-0.4, -0.2) is 29.4 Å². The summed E-state index contributed by atoms with van der Waals surface area (Å²) in [7, 11) is -3.25. The van der Waals surface area contributed by atoms with Crippen LogP contribution in [0.2, 0.25) is 0 Å². The normalized spacial score (nSPS) is 12.2. The van der Waals surface area contributed by atoms with Gasteiger partial charge in [-0.1, -0.05) is 13.8 Å². The van der Waals surface area contributed by atoms with Crippen molar-refractivity contribution in [2.24, 2.45) is 5.92 Å². The van der Waals surface area contributed by atoms with E-state index in [1.54, 1.807) is 0 Å². The standard InChI is InChI=1S/C6H11N3O2S/c1-5(2)3-12(10,11)6-7-4-8-9-6/h4-5H,3H2,1-2H3,(H,7,8,9). The zero-order valence-corrected chi connectivity index (χ0v) is 7.80. The molecule has 0 aromatic carbocycles. The number of hydrogen-bond acceptors (Lipinski definition) is 4. The number of nitrogens with one attached hydrogen (secondary N) is 1. The first-order valence-electron chi connectivity index (χ1n) is 3.60. The molecular formula is C6H11N3O2S. The monoisotopic (exact) mass is 189 g/mol. The molecule has 0 aliphatic carbocycles. The molecule has 1 N–H and O–H groups in total. The number of aromatic nitrogens is 3. The second-order valence-corrected chi connectivity index (χ2v) is 4.92. The predicted octanol–water partition coefficient (Wildman–Crippen LogP) is 0.234. The summed E-state index contributed by atoms with van der Waals surface area (Å²) < 4.78 is 22.7. The molecule has 0 radical (unpaired) electrons. The van der Waals surface area contributed by atoms with Gasteiger partial charge in [-0.3, -0.25) is 5.10 Å². The van der Waals surface area contributed by atoms with Crippen molar-refractivity contribution < 1.29 is 8.42 Å². The van der Waals surface area contributed by atoms with Crippen LogP contribution in [0.5, 0.6) is 0 Å². The maximum absolute atomic E-state index is 11.4. The SMILES string of the molecule is CC(C)CS(=O)(=O)c1ncn[nH]1. The molecule has 0 fully saturated rings. The summed E-state index contributed by atoms with van der Waals surface area (Å²) in [5.41, 5.74) is 0. The van der Waals surface area contributed by atoms with Crippen LogP contribution in [0.3, 0.4) is 0 Å². The van der Waals surface area contributed by atoms with Gasteiger partial charge in [0.15, 0.2) is 0 Å². The third-order valence-electron chi connectivity index (χ3n) is 1.24. The summed E-state index contributed by atoms with van der Waals surface area (Å²) >= 11 is 0. The van der Waals surface area contributed by atoms with Crippen molar-refractivity contribution in [3.05, 3.63) is 6.33 Å². The van der Waals surface area contributed by atoms with Crippen molar-refractivity contribution in [3.8, 4) is 0 Å². The molecule has 0 saturated heterocycles. The zero-order chi connectivity index (χ0) is 9.19. The first-order chi connectivity index (χ1) is 5.52. The molecule has 68 valence electrons. The maximum atomic E-state index is 11.4. The number of nitrogens with zero attached hydrogens (tertiary/aromatic N) is 2. The highest BCUT2D eigenvalue weighted by Crippen LogP contribution is 2.07. The smallest absolute Gasteiger partial charge is 0.242 e. The summed E-state index contributed by atoms with van der Waals surface area (Å²) in [4.78, 5) is 3.59. The minimum absolute atomic E-state index is 0.0452. The maximum Gasteiger partial charge on any atom is 0.242 e. The first-order valence-corrected chi connectivity index (χ1v) is 5.25. The lowest BCUT2D eigenvalue weighted by Gasteiger charge is -2.02. The highest BCUT2D eigenvalue weighted by Gasteiger charge is 2.18. The number of sulfone groups is 1. The molecule has 0 atom stereocenters. The van der Waals surface area contributed by atoms with Crippen LogP contribution in [0.4, 0.5) is 0 Å². The van der Waals surface area contributed by atoms with Gasteiger partial charge in [0.05, 0.1) is 5.75 Å². The Hall–Kier alpha value is -0.910. The summed E-state index contributed by atoms with van der Waals surface area (Å²) in [6, 6.07) is 0. The van der Waals surface area contributed by atoms with Crippen LogP contribution in [0.1, 0.15) is 13.8 Å². The van der Waals surface area contributed by atoms with E-state index in [1.165, 1.54) is 6.33 Å². The first kappa shape index (κ1) is 9.18. The van der Waals surface area contributed by atoms with Gasteiger partial charge in [0.2, 0.25) is 15.0 Å². The molecule has 0 unspecified atom stereocenters. The van der Waals surface area contributed by atoms with E-state index in [-0.39, 0.29) is 16.8 Å². The Balaban J connectivity index is 2.88. The Labute approximate surface area is 71.1 Å². The summed E-state index contributed by atoms with van der Waals surface area (Å²) in [5, 5.41) is 5.77. The fourth-order valence-corrected chi connectivity index (χ4v) is 2.30. The van der Waals surface area contributed by atoms with Crippen LogP contribution in [0.15, 0.2) is 11.5 Å². The van der Waals surface area contributed by atoms with E-state index >= 15 is 0 Å². The Morgan fingerprint density at radius 3 is 2.67 bits per heavy atom. The molecule has 0 aliphatic rings. The third kappa shape index (κ3) is 2.04. The van der Waals surface area contributed by atoms with Gasteiger partial charge in [0, 0.05) is 0 Å². The Morgan fingerprint density at radius 2 is 2.25 bits per heavy atom. The van der Waals surface area contributed by atoms with E-state index in [0.29, 0.717) is 0 Å². The van der Waals surface area contributed by atoms with Gasteiger partial charge in [-0.05, 0) is 5.92 Å². The third-order valence-corrected chi connectivity index (χ3v) is 3.13. The van der Waals surface area contributed by atoms with E-state index in [4.69, 9.17) is 0 Å². The van der Waals surface area contributed by atoms with Gasteiger partial charge >= 0.3 is 0 Å². The lowest BCUT2D eigenvalue weighted by Crippen LogP contribution is -2.13. The molecule has 5 nitrogen and oxygen atoms in total. The molecule has 0 bridgehead atoms. The molecule has 1 aromatic rings. The van der Waals surface area contributed by atoms with Gasteiger partial charge in [0.25, 0.3) is 0 Å². The van der Waals surface area contributed by atoms with Crippen molar-refractivity contribution in [1.82, 2.24) is 15.2 Å². The fourth-order valence-electron chi connectivity index (χ4n) is 0.862. The predicted molar refractivity (Wildman–Crippen MR) is 43.3 cm³/mol. The molecule has 0 spiro atoms. The van der Waals surface area contributed by atoms with E-state index in [0.717, 1.165) is 0 Å². The topological polar surface area (TPSA) is 75.7 Å². The van der Waals surface area contributed by atoms with E-state index in [9.17, 15) is 8.42 Å². The van der Waals surface area contributed by atoms with Crippen molar-refractivity contribution >= 4 is 9.84 Å². The molecule has 1 aromatic heterocycles. The Kier molecular flexibility index (Phi) is 2.46. The average Bonchev–Trinajstić information content (AvgIpc) is 2.32. The van der Waals surface area contributed by atoms with Crippen molar-refractivity contribution in [1.29, 1.82) is 0 Å². The second kappa shape index (κ2) is 3.22. The molecular weight excluding hydrogens is 178 g/mol. The molecule has 1 rings (SSSR count). The van der Waals surface area contributed by atoms with E-state index < -0.39 is 9.84 Å². The van der Waals surface area contributed by atoms with Crippen molar-refractivity contribution in [2.45, 2.75) is 19.0 Å². The van der Waals surface area contributed by atoms with Crippen molar-refractivity contribution in [2.75, 3.05) is 5.75 Å². The highest BCUT2D eigenvalue weighted by atomic mass is 32.2. The number of aromatic amines is 1. The Bertz CT molecular complexity index is 328. The summed E-state index contributed by atoms with van der Waals surface area (Å²) in [6.45, 7) is 3.68. The van der Waals surface area contributed by atoms with Crippen molar-refractivity contribution in [3.63, 3.8) is 0 Å². The quantitative estimate of drug-likeness (QED) is 0.738. The average molecular weight is 189 g/mol. The summed E-state index contributed by atoms with van der Waals surface area (Å²) in [5.74, 6) is 0.197. The van der Waals surface area contributed by atoms with Gasteiger partial charge in [0.1, 0.15) is 6.33 Å². The molecule has 6 heteroatoms. The van der Waals surface area contributed by atoms with Crippen LogP contribution < -0.4 is 0 Å². The fraction of sp³-hybridized carbons (Fsp3) is 0.667. The van der Waals surface area contributed by atoms with Gasteiger partial charge in [-0.15, -0.1) is 0 Å². The largest absolute Gasteiger partial charge is 0.250 e. The van der Waals surface area contributed by atoms with Crippen LogP contribution in [-0.2, 0) is 9.84 Å². The second-order valence-electron chi connectivity index (χ2n) is 2.97. The molecule has 0 saturated carbocycles. The minimum atomic E-state index is -3.25. The van der Waals surface area contributed by atoms with Crippen LogP contribution in [0.25, 0.3) is 0 Å². The summed E-state index contributed by atoms with van der Waals surface area (Å²) in [6.07, 6.45) is 1.19. The number of hydrogen-bond donors (Lipinski definition) is 1. The molecule has 1 heterocycles. The van der Waals surface area contributed by atoms with Gasteiger partial charge in [-0.2, -0.15) is 5.10 Å². The van der Waals surface area contributed by atoms with E-state index in [1.807, 2.05) is 13.8 Å². The zero-order valence-electron chi connectivity index (χ0n) is 6.98. The van der Waals surface area contributed by atoms with Crippen LogP contribution >= 0.6 is 0 Å². The Morgan fingerprint density at radius 1 is 1.58 bits per heavy atom. The highest BCUT2D eigenvalue weighted by molar-refractivity contribution is 7.91. The lowest BCUT2D eigenvalue weighted by atomic mass is 10.3. The number of H-pyrrole nitrogens is 1. The molecule has 12 heavy (non-hydrogen) atoms.